The largest absolute Gasteiger partial charge is 0.489 e. The van der Waals surface area contributed by atoms with Crippen LogP contribution in [0.3, 0.4) is 0 Å². The van der Waals surface area contributed by atoms with Crippen molar-refractivity contribution in [3.8, 4) is 22.4 Å². The van der Waals surface area contributed by atoms with E-state index in [9.17, 15) is 14.9 Å². The van der Waals surface area contributed by atoms with Gasteiger partial charge in [0.1, 0.15) is 6.07 Å². The highest BCUT2D eigenvalue weighted by Gasteiger charge is 2.19. The van der Waals surface area contributed by atoms with Crippen LogP contribution in [0.25, 0.3) is 10.6 Å². The molecule has 0 atom stereocenters. The Balaban J connectivity index is 1.86. The molecule has 1 N–H and O–H groups in total. The van der Waals surface area contributed by atoms with Crippen LogP contribution in [0.1, 0.15) is 21.0 Å². The number of hydrogen-bond donors (Lipinski definition) is 1. The van der Waals surface area contributed by atoms with Gasteiger partial charge in [0, 0.05) is 21.9 Å². The van der Waals surface area contributed by atoms with E-state index < -0.39 is 11.5 Å². The predicted molar refractivity (Wildman–Crippen MR) is 105 cm³/mol. The minimum Gasteiger partial charge on any atom is -0.489 e. The minimum atomic E-state index is -0.741. The molecule has 8 nitrogen and oxygen atoms in total. The molecular formula is C15H9IN4O4S2. The summed E-state index contributed by atoms with van der Waals surface area (Å²) >= 11 is 4.45. The zero-order valence-electron chi connectivity index (χ0n) is 13.3. The van der Waals surface area contributed by atoms with Gasteiger partial charge in [0.25, 0.3) is 5.91 Å². The van der Waals surface area contributed by atoms with Gasteiger partial charge in [-0.25, -0.2) is 4.79 Å². The number of carbonyl (C=O) groups excluding carboxylic acids is 1. The predicted octanol–water partition coefficient (Wildman–Crippen LogP) is 3.27. The number of ether oxygens (including phenoxy) is 1. The Labute approximate surface area is 168 Å². The van der Waals surface area contributed by atoms with E-state index in [0.29, 0.717) is 19.7 Å². The SMILES string of the molecule is COc1c(I)cc(C(=O)Nc2nnc(-c3c(C#N)csc3C)s2)oc1=O. The summed E-state index contributed by atoms with van der Waals surface area (Å²) < 4.78 is 10.3. The first-order chi connectivity index (χ1) is 12.4. The van der Waals surface area contributed by atoms with E-state index in [1.807, 2.05) is 29.5 Å². The third kappa shape index (κ3) is 3.48. The van der Waals surface area contributed by atoms with E-state index in [-0.39, 0.29) is 16.6 Å². The fourth-order valence-corrected chi connectivity index (χ4v) is 4.52. The average molecular weight is 500 g/mol. The smallest absolute Gasteiger partial charge is 0.380 e. The zero-order chi connectivity index (χ0) is 18.8. The van der Waals surface area contributed by atoms with Gasteiger partial charge in [-0.15, -0.1) is 21.5 Å². The van der Waals surface area contributed by atoms with Crippen LogP contribution in [-0.4, -0.2) is 23.2 Å². The summed E-state index contributed by atoms with van der Waals surface area (Å²) in [5, 5.41) is 22.2. The molecule has 0 radical (unpaired) electrons. The Kier molecular flexibility index (Phi) is 5.35. The molecule has 132 valence electrons. The minimum absolute atomic E-state index is 0.0392. The molecular weight excluding hydrogens is 491 g/mol. The number of nitrogens with zero attached hydrogens (tertiary/aromatic N) is 3. The Bertz CT molecular complexity index is 1100. The van der Waals surface area contributed by atoms with E-state index >= 15 is 0 Å². The van der Waals surface area contributed by atoms with Crippen molar-refractivity contribution in [1.82, 2.24) is 10.2 Å². The van der Waals surface area contributed by atoms with Gasteiger partial charge >= 0.3 is 5.63 Å². The Hall–Kier alpha value is -2.30. The third-order valence-corrected chi connectivity index (χ3v) is 5.81. The Morgan fingerprint density at radius 1 is 1.46 bits per heavy atom. The van der Waals surface area contributed by atoms with Gasteiger partial charge in [-0.2, -0.15) is 5.26 Å². The number of nitriles is 1. The number of anilines is 1. The highest BCUT2D eigenvalue weighted by molar-refractivity contribution is 14.1. The lowest BCUT2D eigenvalue weighted by atomic mass is 10.2. The Morgan fingerprint density at radius 3 is 2.88 bits per heavy atom. The first kappa shape index (κ1) is 18.5. The van der Waals surface area contributed by atoms with Crippen molar-refractivity contribution in [2.45, 2.75) is 6.92 Å². The molecule has 3 heterocycles. The summed E-state index contributed by atoms with van der Waals surface area (Å²) in [4.78, 5) is 25.0. The lowest BCUT2D eigenvalue weighted by Crippen LogP contribution is -2.16. The maximum absolute atomic E-state index is 12.3. The van der Waals surface area contributed by atoms with Gasteiger partial charge in [-0.05, 0) is 29.5 Å². The van der Waals surface area contributed by atoms with E-state index in [0.717, 1.165) is 16.2 Å². The van der Waals surface area contributed by atoms with Crippen molar-refractivity contribution < 1.29 is 13.9 Å². The van der Waals surface area contributed by atoms with Crippen LogP contribution >= 0.6 is 45.3 Å². The van der Waals surface area contributed by atoms with E-state index in [2.05, 4.69) is 21.6 Å². The second-order valence-electron chi connectivity index (χ2n) is 4.84. The molecule has 0 saturated carbocycles. The molecule has 11 heteroatoms. The topological polar surface area (TPSA) is 118 Å². The molecule has 0 aliphatic carbocycles. The van der Waals surface area contributed by atoms with Crippen LogP contribution < -0.4 is 15.7 Å². The molecule has 0 fully saturated rings. The highest BCUT2D eigenvalue weighted by atomic mass is 127. The summed E-state index contributed by atoms with van der Waals surface area (Å²) in [5.41, 5.74) is 0.480. The molecule has 26 heavy (non-hydrogen) atoms. The number of carbonyl (C=O) groups is 1. The highest BCUT2D eigenvalue weighted by Crippen LogP contribution is 2.35. The lowest BCUT2D eigenvalue weighted by Gasteiger charge is -2.03. The maximum Gasteiger partial charge on any atom is 0.380 e. The van der Waals surface area contributed by atoms with Crippen molar-refractivity contribution >= 4 is 56.3 Å². The fourth-order valence-electron chi connectivity index (χ4n) is 2.08. The fraction of sp³-hybridized carbons (Fsp3) is 0.133. The molecule has 3 rings (SSSR count). The molecule has 3 aromatic rings. The van der Waals surface area contributed by atoms with Gasteiger partial charge in [-0.1, -0.05) is 11.3 Å². The van der Waals surface area contributed by atoms with E-state index in [4.69, 9.17) is 9.15 Å². The molecule has 0 saturated heterocycles. The van der Waals surface area contributed by atoms with E-state index in [1.54, 1.807) is 5.38 Å². The monoisotopic (exact) mass is 500 g/mol. The van der Waals surface area contributed by atoms with Gasteiger partial charge in [0.15, 0.2) is 10.8 Å². The van der Waals surface area contributed by atoms with Crippen LogP contribution in [0.5, 0.6) is 5.75 Å². The molecule has 0 aliphatic heterocycles. The number of aryl methyl sites for hydroxylation is 1. The molecule has 0 spiro atoms. The summed E-state index contributed by atoms with van der Waals surface area (Å²) in [5.74, 6) is -0.758. The van der Waals surface area contributed by atoms with Crippen molar-refractivity contribution in [2.75, 3.05) is 12.4 Å². The third-order valence-electron chi connectivity index (χ3n) is 3.25. The summed E-state index contributed by atoms with van der Waals surface area (Å²) in [6.07, 6.45) is 0. The summed E-state index contributed by atoms with van der Waals surface area (Å²) in [6.45, 7) is 1.88. The molecule has 0 aromatic carbocycles. The second-order valence-corrected chi connectivity index (χ2v) is 8.06. The average Bonchev–Trinajstić information content (AvgIpc) is 3.20. The van der Waals surface area contributed by atoms with Crippen LogP contribution in [-0.2, 0) is 0 Å². The first-order valence-electron chi connectivity index (χ1n) is 6.95. The summed E-state index contributed by atoms with van der Waals surface area (Å²) in [6, 6.07) is 3.51. The number of hydrogen-bond acceptors (Lipinski definition) is 9. The molecule has 0 unspecified atom stereocenters. The number of aromatic nitrogens is 2. The van der Waals surface area contributed by atoms with Gasteiger partial charge in [0.2, 0.25) is 10.9 Å². The zero-order valence-corrected chi connectivity index (χ0v) is 17.1. The summed E-state index contributed by atoms with van der Waals surface area (Å²) in [7, 11) is 1.35. The Morgan fingerprint density at radius 2 is 2.23 bits per heavy atom. The van der Waals surface area contributed by atoms with Gasteiger partial charge in [0.05, 0.1) is 16.2 Å². The number of thiophene rings is 1. The van der Waals surface area contributed by atoms with Crippen molar-refractivity contribution in [3.05, 3.63) is 41.6 Å². The first-order valence-corrected chi connectivity index (χ1v) is 9.73. The number of nitrogens with one attached hydrogen (secondary N) is 1. The lowest BCUT2D eigenvalue weighted by molar-refractivity contribution is 0.0991. The standard InChI is InChI=1S/C15H9IN4O4S2/c1-6-10(7(4-17)5-25-6)13-19-20-15(26-13)18-12(21)9-3-8(16)11(23-2)14(22)24-9/h3,5H,1-2H3,(H,18,20,21). The maximum atomic E-state index is 12.3. The van der Waals surface area contributed by atoms with Crippen molar-refractivity contribution in [1.29, 1.82) is 5.26 Å². The number of methoxy groups -OCH3 is 1. The number of amides is 1. The van der Waals surface area contributed by atoms with Crippen LogP contribution in [0.4, 0.5) is 5.13 Å². The van der Waals surface area contributed by atoms with Gasteiger partial charge < -0.3 is 9.15 Å². The van der Waals surface area contributed by atoms with E-state index in [1.165, 1.54) is 24.5 Å². The van der Waals surface area contributed by atoms with Crippen LogP contribution in [0, 0.1) is 21.8 Å². The van der Waals surface area contributed by atoms with Gasteiger partial charge in [-0.3, -0.25) is 10.1 Å². The number of halogens is 1. The number of rotatable bonds is 4. The quantitative estimate of drug-likeness (QED) is 0.547. The second kappa shape index (κ2) is 7.52. The van der Waals surface area contributed by atoms with Crippen LogP contribution in [0.15, 0.2) is 20.7 Å². The van der Waals surface area contributed by atoms with Crippen molar-refractivity contribution in [3.63, 3.8) is 0 Å². The van der Waals surface area contributed by atoms with Crippen molar-refractivity contribution in [2.24, 2.45) is 0 Å². The van der Waals surface area contributed by atoms with Crippen LogP contribution in [0.2, 0.25) is 0 Å². The normalized spacial score (nSPS) is 10.4. The molecule has 0 aliphatic rings. The molecule has 3 aromatic heterocycles. The molecule has 1 amide bonds. The molecule has 0 bridgehead atoms.